The van der Waals surface area contributed by atoms with Crippen LogP contribution in [-0.4, -0.2) is 9.78 Å². The summed E-state index contributed by atoms with van der Waals surface area (Å²) in [6.07, 6.45) is 0. The Hall–Kier alpha value is -1.99. The van der Waals surface area contributed by atoms with Gasteiger partial charge in [-0.05, 0) is 32.0 Å². The molecule has 0 saturated carbocycles. The number of halogens is 1. The highest BCUT2D eigenvalue weighted by Crippen LogP contribution is 2.26. The third-order valence-corrected chi connectivity index (χ3v) is 3.06. The van der Waals surface area contributed by atoms with Gasteiger partial charge in [0.15, 0.2) is 0 Å². The molecule has 0 aliphatic heterocycles. The first kappa shape index (κ1) is 13.4. The number of nitriles is 1. The van der Waals surface area contributed by atoms with Crippen LogP contribution in [0.1, 0.15) is 23.9 Å². The number of nitrogens with zero attached hydrogens (tertiary/aromatic N) is 3. The van der Waals surface area contributed by atoms with Crippen LogP contribution in [0.5, 0.6) is 5.75 Å². The van der Waals surface area contributed by atoms with Crippen molar-refractivity contribution in [2.75, 3.05) is 0 Å². The summed E-state index contributed by atoms with van der Waals surface area (Å²) in [6, 6.07) is 9.21. The van der Waals surface area contributed by atoms with Gasteiger partial charge in [0.1, 0.15) is 24.0 Å². The Morgan fingerprint density at radius 3 is 2.95 bits per heavy atom. The van der Waals surface area contributed by atoms with Crippen LogP contribution in [0.2, 0.25) is 5.02 Å². The molecule has 0 saturated heterocycles. The fraction of sp³-hybridized carbons (Fsp3) is 0.286. The summed E-state index contributed by atoms with van der Waals surface area (Å²) in [6.45, 7) is 5.11. The van der Waals surface area contributed by atoms with Gasteiger partial charge in [0.2, 0.25) is 0 Å². The van der Waals surface area contributed by atoms with E-state index >= 15 is 0 Å². The van der Waals surface area contributed by atoms with Crippen LogP contribution in [0.15, 0.2) is 24.3 Å². The highest BCUT2D eigenvalue weighted by molar-refractivity contribution is 6.31. The third kappa shape index (κ3) is 2.88. The molecule has 4 nitrogen and oxygen atoms in total. The summed E-state index contributed by atoms with van der Waals surface area (Å²) < 4.78 is 7.56. The summed E-state index contributed by atoms with van der Waals surface area (Å²) in [4.78, 5) is 0. The molecule has 2 aromatic rings. The maximum Gasteiger partial charge on any atom is 0.139 e. The quantitative estimate of drug-likeness (QED) is 0.860. The maximum atomic E-state index is 9.07. The van der Waals surface area contributed by atoms with Gasteiger partial charge < -0.3 is 4.74 Å². The standard InChI is InChI=1S/C14H14ClN3O/c1-3-18-11(7-10(2)17-18)9-19-14-6-4-5-13(15)12(14)8-16/h4-7H,3,9H2,1-2H3. The fourth-order valence-corrected chi connectivity index (χ4v) is 2.08. The van der Waals surface area contributed by atoms with Crippen LogP contribution < -0.4 is 4.74 Å². The van der Waals surface area contributed by atoms with E-state index in [0.29, 0.717) is 22.9 Å². The summed E-state index contributed by atoms with van der Waals surface area (Å²) in [5.41, 5.74) is 2.29. The molecule has 0 aliphatic carbocycles. The zero-order chi connectivity index (χ0) is 13.8. The molecule has 0 spiro atoms. The van der Waals surface area contributed by atoms with E-state index in [9.17, 15) is 0 Å². The molecule has 0 fully saturated rings. The summed E-state index contributed by atoms with van der Waals surface area (Å²) in [5.74, 6) is 0.497. The Morgan fingerprint density at radius 1 is 1.47 bits per heavy atom. The lowest BCUT2D eigenvalue weighted by molar-refractivity contribution is 0.291. The zero-order valence-corrected chi connectivity index (χ0v) is 11.6. The van der Waals surface area contributed by atoms with E-state index in [-0.39, 0.29) is 0 Å². The van der Waals surface area contributed by atoms with Crippen molar-refractivity contribution in [1.29, 1.82) is 5.26 Å². The van der Waals surface area contributed by atoms with Gasteiger partial charge in [-0.15, -0.1) is 0 Å². The van der Waals surface area contributed by atoms with Gasteiger partial charge >= 0.3 is 0 Å². The molecule has 1 aromatic heterocycles. The molecule has 0 radical (unpaired) electrons. The average Bonchev–Trinajstić information content (AvgIpc) is 2.76. The average molecular weight is 276 g/mol. The Labute approximate surface area is 117 Å². The molecule has 1 heterocycles. The number of rotatable bonds is 4. The number of aryl methyl sites for hydroxylation is 2. The second kappa shape index (κ2) is 5.77. The Bertz CT molecular complexity index is 628. The van der Waals surface area contributed by atoms with Gasteiger partial charge in [0.05, 0.1) is 16.4 Å². The van der Waals surface area contributed by atoms with Crippen molar-refractivity contribution in [3.05, 3.63) is 46.2 Å². The van der Waals surface area contributed by atoms with Crippen molar-refractivity contribution in [1.82, 2.24) is 9.78 Å². The molecule has 0 amide bonds. The monoisotopic (exact) mass is 275 g/mol. The van der Waals surface area contributed by atoms with E-state index in [2.05, 4.69) is 11.2 Å². The second-order valence-corrected chi connectivity index (χ2v) is 4.51. The first-order valence-electron chi connectivity index (χ1n) is 6.00. The first-order valence-corrected chi connectivity index (χ1v) is 6.38. The molecule has 19 heavy (non-hydrogen) atoms. The van der Waals surface area contributed by atoms with E-state index in [1.54, 1.807) is 18.2 Å². The lowest BCUT2D eigenvalue weighted by Gasteiger charge is -2.09. The Morgan fingerprint density at radius 2 is 2.26 bits per heavy atom. The molecule has 5 heteroatoms. The van der Waals surface area contributed by atoms with Crippen molar-refractivity contribution in [3.63, 3.8) is 0 Å². The molecular formula is C14H14ClN3O. The van der Waals surface area contributed by atoms with Crippen molar-refractivity contribution in [2.24, 2.45) is 0 Å². The molecule has 0 atom stereocenters. The number of aromatic nitrogens is 2. The molecule has 0 N–H and O–H groups in total. The smallest absolute Gasteiger partial charge is 0.139 e. The molecule has 98 valence electrons. The maximum absolute atomic E-state index is 9.07. The second-order valence-electron chi connectivity index (χ2n) is 4.11. The molecule has 0 bridgehead atoms. The van der Waals surface area contributed by atoms with Gasteiger partial charge in [-0.1, -0.05) is 17.7 Å². The number of ether oxygens (including phenoxy) is 1. The van der Waals surface area contributed by atoms with Crippen LogP contribution in [0.3, 0.4) is 0 Å². The largest absolute Gasteiger partial charge is 0.486 e. The lowest BCUT2D eigenvalue weighted by atomic mass is 10.2. The van der Waals surface area contributed by atoms with Crippen LogP contribution in [0.25, 0.3) is 0 Å². The molecule has 1 aromatic carbocycles. The van der Waals surface area contributed by atoms with Crippen molar-refractivity contribution >= 4 is 11.6 Å². The Balaban J connectivity index is 2.19. The lowest BCUT2D eigenvalue weighted by Crippen LogP contribution is -2.06. The number of benzene rings is 1. The van der Waals surface area contributed by atoms with Crippen molar-refractivity contribution in [3.8, 4) is 11.8 Å². The van der Waals surface area contributed by atoms with Gasteiger partial charge in [-0.2, -0.15) is 10.4 Å². The van der Waals surface area contributed by atoms with Crippen LogP contribution in [0.4, 0.5) is 0 Å². The molecule has 0 aliphatic rings. The van der Waals surface area contributed by atoms with E-state index in [1.165, 1.54) is 0 Å². The molecular weight excluding hydrogens is 262 g/mol. The van der Waals surface area contributed by atoms with Crippen LogP contribution >= 0.6 is 11.6 Å². The number of hydrogen-bond donors (Lipinski definition) is 0. The Kier molecular flexibility index (Phi) is 4.08. The highest BCUT2D eigenvalue weighted by Gasteiger charge is 2.09. The summed E-state index contributed by atoms with van der Waals surface area (Å²) >= 11 is 5.95. The summed E-state index contributed by atoms with van der Waals surface area (Å²) in [7, 11) is 0. The first-order chi connectivity index (χ1) is 9.15. The summed E-state index contributed by atoms with van der Waals surface area (Å²) in [5, 5.41) is 13.8. The van der Waals surface area contributed by atoms with Crippen LogP contribution in [0, 0.1) is 18.3 Å². The van der Waals surface area contributed by atoms with Crippen molar-refractivity contribution in [2.45, 2.75) is 27.0 Å². The van der Waals surface area contributed by atoms with Gasteiger partial charge in [-0.25, -0.2) is 0 Å². The topological polar surface area (TPSA) is 50.8 Å². The van der Waals surface area contributed by atoms with Crippen LogP contribution in [-0.2, 0) is 13.2 Å². The minimum absolute atomic E-state index is 0.364. The van der Waals surface area contributed by atoms with Crippen molar-refractivity contribution < 1.29 is 4.74 Å². The minimum Gasteiger partial charge on any atom is -0.486 e. The van der Waals surface area contributed by atoms with E-state index in [0.717, 1.165) is 17.9 Å². The van der Waals surface area contributed by atoms with Gasteiger partial charge in [0.25, 0.3) is 0 Å². The van der Waals surface area contributed by atoms with E-state index in [4.69, 9.17) is 21.6 Å². The van der Waals surface area contributed by atoms with E-state index in [1.807, 2.05) is 24.6 Å². The normalized spacial score (nSPS) is 10.2. The van der Waals surface area contributed by atoms with Gasteiger partial charge in [0, 0.05) is 6.54 Å². The zero-order valence-electron chi connectivity index (χ0n) is 10.9. The minimum atomic E-state index is 0.364. The predicted molar refractivity (Wildman–Crippen MR) is 73.1 cm³/mol. The van der Waals surface area contributed by atoms with Gasteiger partial charge in [-0.3, -0.25) is 4.68 Å². The number of hydrogen-bond acceptors (Lipinski definition) is 3. The fourth-order valence-electron chi connectivity index (χ4n) is 1.87. The third-order valence-electron chi connectivity index (χ3n) is 2.75. The SMILES string of the molecule is CCn1nc(C)cc1COc1cccc(Cl)c1C#N. The predicted octanol–water partition coefficient (Wildman–Crippen LogP) is 3.32. The molecule has 0 unspecified atom stereocenters. The highest BCUT2D eigenvalue weighted by atomic mass is 35.5. The molecule has 2 rings (SSSR count). The van der Waals surface area contributed by atoms with E-state index < -0.39 is 0 Å².